The highest BCUT2D eigenvalue weighted by Crippen LogP contribution is 2.30. The average Bonchev–Trinajstić information content (AvgIpc) is 2.43. The van der Waals surface area contributed by atoms with Gasteiger partial charge in [-0.15, -0.1) is 0 Å². The highest BCUT2D eigenvalue weighted by Gasteiger charge is 2.10. The van der Waals surface area contributed by atoms with E-state index in [4.69, 9.17) is 27.4 Å². The normalized spacial score (nSPS) is 9.79. The van der Waals surface area contributed by atoms with Crippen LogP contribution in [0.3, 0.4) is 0 Å². The van der Waals surface area contributed by atoms with Crippen molar-refractivity contribution in [1.82, 2.24) is 9.97 Å². The summed E-state index contributed by atoms with van der Waals surface area (Å²) in [5.74, 6) is 6.08. The van der Waals surface area contributed by atoms with E-state index < -0.39 is 0 Å². The molecule has 0 atom stereocenters. The molecule has 0 radical (unpaired) electrons. The summed E-state index contributed by atoms with van der Waals surface area (Å²) in [7, 11) is 0. The number of benzene rings is 1. The lowest BCUT2D eigenvalue weighted by Gasteiger charge is -2.10. The number of anilines is 1. The molecule has 1 heterocycles. The van der Waals surface area contributed by atoms with Gasteiger partial charge in [-0.3, -0.25) is 5.43 Å². The summed E-state index contributed by atoms with van der Waals surface area (Å²) in [4.78, 5) is 7.84. The summed E-state index contributed by atoms with van der Waals surface area (Å²) >= 11 is 5.95. The van der Waals surface area contributed by atoms with E-state index in [9.17, 15) is 0 Å². The van der Waals surface area contributed by atoms with Gasteiger partial charge in [0, 0.05) is 0 Å². The molecule has 0 aliphatic carbocycles. The Bertz CT molecular complexity index is 653. The highest BCUT2D eigenvalue weighted by atomic mass is 35.5. The SMILES string of the molecule is Cc1ccc(C#N)cc1Oc1nc(NN)ncc1Cl. The fourth-order valence-electron chi connectivity index (χ4n) is 1.38. The van der Waals surface area contributed by atoms with E-state index in [0.717, 1.165) is 5.56 Å². The monoisotopic (exact) mass is 275 g/mol. The van der Waals surface area contributed by atoms with Gasteiger partial charge in [-0.1, -0.05) is 17.7 Å². The highest BCUT2D eigenvalue weighted by molar-refractivity contribution is 6.31. The quantitative estimate of drug-likeness (QED) is 0.659. The zero-order valence-corrected chi connectivity index (χ0v) is 10.8. The zero-order valence-electron chi connectivity index (χ0n) is 10.0. The van der Waals surface area contributed by atoms with Crippen molar-refractivity contribution < 1.29 is 4.74 Å². The summed E-state index contributed by atoms with van der Waals surface area (Å²) in [5.41, 5.74) is 3.65. The molecule has 19 heavy (non-hydrogen) atoms. The van der Waals surface area contributed by atoms with Crippen LogP contribution in [0.15, 0.2) is 24.4 Å². The summed E-state index contributed by atoms with van der Waals surface area (Å²) in [5, 5.41) is 9.12. The van der Waals surface area contributed by atoms with Gasteiger partial charge < -0.3 is 4.74 Å². The Balaban J connectivity index is 2.38. The van der Waals surface area contributed by atoms with Crippen molar-refractivity contribution in [3.05, 3.63) is 40.5 Å². The maximum Gasteiger partial charge on any atom is 0.243 e. The Hall–Kier alpha value is -2.36. The first-order valence-electron chi connectivity index (χ1n) is 5.32. The maximum absolute atomic E-state index is 8.87. The van der Waals surface area contributed by atoms with Crippen molar-refractivity contribution in [1.29, 1.82) is 5.26 Å². The van der Waals surface area contributed by atoms with Crippen molar-refractivity contribution >= 4 is 17.5 Å². The van der Waals surface area contributed by atoms with Gasteiger partial charge in [0.25, 0.3) is 0 Å². The van der Waals surface area contributed by atoms with Crippen LogP contribution in [0.2, 0.25) is 5.02 Å². The van der Waals surface area contributed by atoms with E-state index in [1.165, 1.54) is 6.20 Å². The van der Waals surface area contributed by atoms with Crippen molar-refractivity contribution in [3.8, 4) is 17.7 Å². The third-order valence-corrected chi connectivity index (χ3v) is 2.62. The van der Waals surface area contributed by atoms with E-state index in [2.05, 4.69) is 15.4 Å². The van der Waals surface area contributed by atoms with Gasteiger partial charge in [-0.25, -0.2) is 10.8 Å². The molecule has 0 amide bonds. The number of halogens is 1. The Labute approximate surface area is 114 Å². The molecule has 2 aromatic rings. The Kier molecular flexibility index (Phi) is 3.80. The summed E-state index contributed by atoms with van der Waals surface area (Å²) < 4.78 is 5.60. The molecule has 0 saturated heterocycles. The molecule has 6 nitrogen and oxygen atoms in total. The number of aryl methyl sites for hydroxylation is 1. The lowest BCUT2D eigenvalue weighted by molar-refractivity contribution is 0.459. The summed E-state index contributed by atoms with van der Waals surface area (Å²) in [6, 6.07) is 7.14. The van der Waals surface area contributed by atoms with Crippen LogP contribution in [0.5, 0.6) is 11.6 Å². The molecule has 7 heteroatoms. The van der Waals surface area contributed by atoms with E-state index in [-0.39, 0.29) is 16.9 Å². The van der Waals surface area contributed by atoms with Crippen molar-refractivity contribution in [2.24, 2.45) is 5.84 Å². The fraction of sp³-hybridized carbons (Fsp3) is 0.0833. The first-order chi connectivity index (χ1) is 9.13. The summed E-state index contributed by atoms with van der Waals surface area (Å²) in [6.07, 6.45) is 1.38. The Morgan fingerprint density at radius 3 is 2.95 bits per heavy atom. The van der Waals surface area contributed by atoms with Crippen molar-refractivity contribution in [2.75, 3.05) is 5.43 Å². The van der Waals surface area contributed by atoms with Crippen LogP contribution in [0, 0.1) is 18.3 Å². The second kappa shape index (κ2) is 5.52. The van der Waals surface area contributed by atoms with Gasteiger partial charge in [0.15, 0.2) is 0 Å². The van der Waals surface area contributed by atoms with E-state index in [0.29, 0.717) is 11.3 Å². The topological polar surface area (TPSA) is 96.8 Å². The standard InChI is InChI=1S/C12H10ClN5O/c1-7-2-3-8(5-14)4-10(7)19-11-9(13)6-16-12(17-11)18-15/h2-4,6H,15H2,1H3,(H,16,17,18). The molecule has 0 aliphatic heterocycles. The molecule has 0 unspecified atom stereocenters. The number of nitriles is 1. The molecule has 0 fully saturated rings. The number of hydrogen-bond donors (Lipinski definition) is 2. The predicted octanol–water partition coefficient (Wildman–Crippen LogP) is 2.39. The van der Waals surface area contributed by atoms with Crippen LogP contribution in [0.1, 0.15) is 11.1 Å². The van der Waals surface area contributed by atoms with Crippen molar-refractivity contribution in [2.45, 2.75) is 6.92 Å². The largest absolute Gasteiger partial charge is 0.437 e. The first-order valence-corrected chi connectivity index (χ1v) is 5.69. The van der Waals surface area contributed by atoms with Crippen molar-refractivity contribution in [3.63, 3.8) is 0 Å². The molecule has 2 rings (SSSR count). The van der Waals surface area contributed by atoms with Gasteiger partial charge in [0.1, 0.15) is 10.8 Å². The van der Waals surface area contributed by atoms with Crippen LogP contribution >= 0.6 is 11.6 Å². The molecule has 1 aromatic heterocycles. The maximum atomic E-state index is 8.87. The minimum atomic E-state index is 0.169. The minimum Gasteiger partial charge on any atom is -0.437 e. The number of nitrogens with one attached hydrogen (secondary N) is 1. The predicted molar refractivity (Wildman–Crippen MR) is 70.8 cm³/mol. The van der Waals surface area contributed by atoms with Crippen LogP contribution in [-0.4, -0.2) is 9.97 Å². The minimum absolute atomic E-state index is 0.169. The van der Waals surface area contributed by atoms with Gasteiger partial charge in [-0.05, 0) is 24.6 Å². The number of nitrogens with zero attached hydrogens (tertiary/aromatic N) is 3. The fourth-order valence-corrected chi connectivity index (χ4v) is 1.51. The van der Waals surface area contributed by atoms with Crippen LogP contribution in [0.4, 0.5) is 5.95 Å². The number of nitrogen functional groups attached to an aromatic ring is 1. The number of hydrogen-bond acceptors (Lipinski definition) is 6. The number of nitrogens with two attached hydrogens (primary N) is 1. The molecule has 3 N–H and O–H groups in total. The second-order valence-electron chi connectivity index (χ2n) is 3.69. The number of hydrazine groups is 1. The first kappa shape index (κ1) is 13.1. The third kappa shape index (κ3) is 2.91. The molecule has 0 saturated carbocycles. The van der Waals surface area contributed by atoms with Gasteiger partial charge in [-0.2, -0.15) is 10.2 Å². The smallest absolute Gasteiger partial charge is 0.243 e. The molecule has 0 aliphatic rings. The number of aromatic nitrogens is 2. The molecule has 0 bridgehead atoms. The van der Waals surface area contributed by atoms with E-state index >= 15 is 0 Å². The lowest BCUT2D eigenvalue weighted by atomic mass is 10.1. The molecular formula is C12H10ClN5O. The lowest BCUT2D eigenvalue weighted by Crippen LogP contribution is -2.10. The van der Waals surface area contributed by atoms with Gasteiger partial charge in [0.2, 0.25) is 11.8 Å². The van der Waals surface area contributed by atoms with E-state index in [1.807, 2.05) is 13.0 Å². The Morgan fingerprint density at radius 2 is 2.26 bits per heavy atom. The molecular weight excluding hydrogens is 266 g/mol. The molecule has 0 spiro atoms. The van der Waals surface area contributed by atoms with Gasteiger partial charge >= 0.3 is 0 Å². The van der Waals surface area contributed by atoms with Crippen LogP contribution < -0.4 is 16.0 Å². The second-order valence-corrected chi connectivity index (χ2v) is 4.09. The van der Waals surface area contributed by atoms with E-state index in [1.54, 1.807) is 18.2 Å². The number of ether oxygens (including phenoxy) is 1. The number of rotatable bonds is 3. The average molecular weight is 276 g/mol. The zero-order chi connectivity index (χ0) is 13.8. The molecule has 1 aromatic carbocycles. The van der Waals surface area contributed by atoms with Gasteiger partial charge in [0.05, 0.1) is 17.8 Å². The third-order valence-electron chi connectivity index (χ3n) is 2.36. The summed E-state index contributed by atoms with van der Waals surface area (Å²) in [6.45, 7) is 1.85. The Morgan fingerprint density at radius 1 is 1.47 bits per heavy atom. The van der Waals surface area contributed by atoms with Crippen LogP contribution in [0.25, 0.3) is 0 Å². The van der Waals surface area contributed by atoms with Crippen LogP contribution in [-0.2, 0) is 0 Å². The molecule has 96 valence electrons.